The summed E-state index contributed by atoms with van der Waals surface area (Å²) in [5, 5.41) is 2.24. The third-order valence-corrected chi connectivity index (χ3v) is 4.92. The van der Waals surface area contributed by atoms with Gasteiger partial charge in [0.2, 0.25) is 0 Å². The van der Waals surface area contributed by atoms with E-state index in [9.17, 15) is 0 Å². The molecule has 6 aromatic rings. The number of para-hydroxylation sites is 2. The molecule has 0 amide bonds. The van der Waals surface area contributed by atoms with Gasteiger partial charge in [-0.05, 0) is 24.3 Å². The SMILES string of the molecule is [Zn+2].c1ccc(=Nc2ccc3ccccc3n2)[n-]c1.c1ccc(=Nc2ccc3ccccc3n2)[n-]c1. The van der Waals surface area contributed by atoms with Crippen LogP contribution < -0.4 is 20.9 Å². The predicted molar refractivity (Wildman–Crippen MR) is 133 cm³/mol. The first-order valence-electron chi connectivity index (χ1n) is 10.8. The van der Waals surface area contributed by atoms with Gasteiger partial charge < -0.3 is 20.0 Å². The first-order chi connectivity index (χ1) is 16.8. The molecule has 0 saturated heterocycles. The van der Waals surface area contributed by atoms with Crippen molar-refractivity contribution in [3.63, 3.8) is 0 Å². The molecule has 0 fully saturated rings. The Balaban J connectivity index is 0.000000160. The van der Waals surface area contributed by atoms with Crippen molar-refractivity contribution >= 4 is 33.4 Å². The van der Waals surface area contributed by atoms with Crippen LogP contribution in [0.2, 0.25) is 0 Å². The molecule has 4 heterocycles. The van der Waals surface area contributed by atoms with Crippen molar-refractivity contribution in [2.24, 2.45) is 9.98 Å². The van der Waals surface area contributed by atoms with Crippen LogP contribution in [0.15, 0.2) is 132 Å². The topological polar surface area (TPSA) is 78.7 Å². The molecular weight excluding hydrogens is 486 g/mol. The summed E-state index contributed by atoms with van der Waals surface area (Å²) in [7, 11) is 0. The first kappa shape index (κ1) is 23.9. The molecule has 0 saturated carbocycles. The van der Waals surface area contributed by atoms with Crippen molar-refractivity contribution < 1.29 is 19.5 Å². The van der Waals surface area contributed by atoms with Crippen LogP contribution in [0.5, 0.6) is 0 Å². The van der Waals surface area contributed by atoms with Gasteiger partial charge in [0.1, 0.15) is 0 Å². The summed E-state index contributed by atoms with van der Waals surface area (Å²) in [6.07, 6.45) is 3.44. The number of nitrogens with zero attached hydrogens (tertiary/aromatic N) is 6. The fraction of sp³-hybridized carbons (Fsp3) is 0. The summed E-state index contributed by atoms with van der Waals surface area (Å²) in [6, 6.07) is 35.1. The van der Waals surface area contributed by atoms with E-state index in [0.717, 1.165) is 21.8 Å². The molecule has 0 bridgehead atoms. The molecule has 35 heavy (non-hydrogen) atoms. The van der Waals surface area contributed by atoms with E-state index in [1.807, 2.05) is 109 Å². The van der Waals surface area contributed by atoms with E-state index in [1.165, 1.54) is 0 Å². The van der Waals surface area contributed by atoms with E-state index in [4.69, 9.17) is 0 Å². The average molecular weight is 506 g/mol. The van der Waals surface area contributed by atoms with E-state index < -0.39 is 0 Å². The smallest absolute Gasteiger partial charge is 0.443 e. The van der Waals surface area contributed by atoms with Gasteiger partial charge in [-0.2, -0.15) is 0 Å². The predicted octanol–water partition coefficient (Wildman–Crippen LogP) is 4.85. The van der Waals surface area contributed by atoms with Crippen LogP contribution in [0.25, 0.3) is 21.8 Å². The van der Waals surface area contributed by atoms with Crippen LogP contribution in [0, 0.1) is 0 Å². The zero-order chi connectivity index (χ0) is 23.0. The molecule has 0 spiro atoms. The normalized spacial score (nSPS) is 11.5. The second-order valence-corrected chi connectivity index (χ2v) is 7.32. The molecule has 0 N–H and O–H groups in total. The number of pyridine rings is 4. The quantitative estimate of drug-likeness (QED) is 0.315. The van der Waals surface area contributed by atoms with E-state index in [0.29, 0.717) is 22.6 Å². The van der Waals surface area contributed by atoms with Crippen LogP contribution in [0.4, 0.5) is 11.6 Å². The average Bonchev–Trinajstić information content (AvgIpc) is 2.90. The van der Waals surface area contributed by atoms with Gasteiger partial charge in [-0.1, -0.05) is 108 Å². The van der Waals surface area contributed by atoms with E-state index >= 15 is 0 Å². The molecule has 0 radical (unpaired) electrons. The molecular formula is C28H20N6Zn. The second kappa shape index (κ2) is 11.8. The third kappa shape index (κ3) is 6.43. The van der Waals surface area contributed by atoms with E-state index in [-0.39, 0.29) is 19.5 Å². The minimum Gasteiger partial charge on any atom is -0.443 e. The van der Waals surface area contributed by atoms with Crippen molar-refractivity contribution in [3.8, 4) is 0 Å². The minimum atomic E-state index is 0. The van der Waals surface area contributed by atoms with Crippen molar-refractivity contribution in [1.82, 2.24) is 19.9 Å². The molecule has 2 aromatic carbocycles. The number of fused-ring (bicyclic) bond motifs is 2. The standard InChI is InChI=1S/2C14H10N3.Zn/c2*1-2-6-12-11(5-1)8-9-14(16-12)17-13-7-3-4-10-15-13;/h2*1-10H;/q2*-1;+2. The van der Waals surface area contributed by atoms with Crippen LogP contribution in [-0.4, -0.2) is 9.97 Å². The molecule has 0 aliphatic heterocycles. The summed E-state index contributed by atoms with van der Waals surface area (Å²) in [4.78, 5) is 26.0. The first-order valence-corrected chi connectivity index (χ1v) is 10.8. The van der Waals surface area contributed by atoms with Crippen LogP contribution in [-0.2, 0) is 19.5 Å². The minimum absolute atomic E-state index is 0. The van der Waals surface area contributed by atoms with E-state index in [2.05, 4.69) is 29.9 Å². The number of aromatic nitrogens is 4. The Labute approximate surface area is 215 Å². The molecule has 0 aliphatic rings. The molecule has 7 heteroatoms. The zero-order valence-corrected chi connectivity index (χ0v) is 21.9. The Morgan fingerprint density at radius 1 is 0.457 bits per heavy atom. The monoisotopic (exact) mass is 504 g/mol. The van der Waals surface area contributed by atoms with E-state index in [1.54, 1.807) is 12.4 Å². The third-order valence-electron chi connectivity index (χ3n) is 4.92. The number of benzene rings is 2. The fourth-order valence-corrected chi connectivity index (χ4v) is 3.31. The molecule has 6 rings (SSSR count). The van der Waals surface area contributed by atoms with Crippen LogP contribution >= 0.6 is 0 Å². The summed E-state index contributed by atoms with van der Waals surface area (Å²) in [5.74, 6) is 1.37. The van der Waals surface area contributed by atoms with Gasteiger partial charge in [-0.25, -0.2) is 0 Å². The largest absolute Gasteiger partial charge is 2.00 e. The van der Waals surface area contributed by atoms with Crippen LogP contribution in [0.3, 0.4) is 0 Å². The van der Waals surface area contributed by atoms with Gasteiger partial charge in [0.15, 0.2) is 0 Å². The Kier molecular flexibility index (Phi) is 8.05. The van der Waals surface area contributed by atoms with Crippen molar-refractivity contribution in [3.05, 3.63) is 133 Å². The van der Waals surface area contributed by atoms with Crippen LogP contribution in [0.1, 0.15) is 0 Å². The summed E-state index contributed by atoms with van der Waals surface area (Å²) < 4.78 is 0. The van der Waals surface area contributed by atoms with Crippen molar-refractivity contribution in [2.75, 3.05) is 0 Å². The molecule has 4 aromatic heterocycles. The zero-order valence-electron chi connectivity index (χ0n) is 18.9. The van der Waals surface area contributed by atoms with Gasteiger partial charge in [0, 0.05) is 10.8 Å². The molecule has 0 aliphatic carbocycles. The second-order valence-electron chi connectivity index (χ2n) is 7.32. The summed E-state index contributed by atoms with van der Waals surface area (Å²) >= 11 is 0. The molecule has 164 valence electrons. The number of rotatable bonds is 2. The van der Waals surface area contributed by atoms with Gasteiger partial charge in [0.25, 0.3) is 0 Å². The summed E-state index contributed by atoms with van der Waals surface area (Å²) in [6.45, 7) is 0. The number of hydrogen-bond donors (Lipinski definition) is 0. The van der Waals surface area contributed by atoms with Crippen molar-refractivity contribution in [2.45, 2.75) is 0 Å². The fourth-order valence-electron chi connectivity index (χ4n) is 3.31. The molecule has 6 nitrogen and oxygen atoms in total. The maximum Gasteiger partial charge on any atom is 2.00 e. The van der Waals surface area contributed by atoms with Gasteiger partial charge in [-0.15, -0.1) is 0 Å². The van der Waals surface area contributed by atoms with Gasteiger partial charge in [0.05, 0.1) is 22.7 Å². The maximum absolute atomic E-state index is 4.46. The number of hydrogen-bond acceptors (Lipinski definition) is 4. The Bertz CT molecular complexity index is 1530. The molecule has 0 unspecified atom stereocenters. The van der Waals surface area contributed by atoms with Gasteiger partial charge in [-0.3, -0.25) is 9.97 Å². The molecule has 0 atom stereocenters. The maximum atomic E-state index is 4.46. The van der Waals surface area contributed by atoms with Crippen molar-refractivity contribution in [1.29, 1.82) is 0 Å². The Morgan fingerprint density at radius 2 is 0.886 bits per heavy atom. The van der Waals surface area contributed by atoms with Gasteiger partial charge >= 0.3 is 19.5 Å². The Morgan fingerprint density at radius 3 is 1.31 bits per heavy atom. The Hall–Kier alpha value is -4.22. The summed E-state index contributed by atoms with van der Waals surface area (Å²) in [5.41, 5.74) is 3.25.